The zero-order chi connectivity index (χ0) is 42.4. The van der Waals surface area contributed by atoms with Crippen molar-refractivity contribution in [1.82, 2.24) is 0 Å². The molecule has 2 aliphatic rings. The molecule has 0 N–H and O–H groups in total. The Morgan fingerprint density at radius 1 is 0.574 bits per heavy atom. The Morgan fingerprint density at radius 2 is 0.852 bits per heavy atom. The molecule has 0 aromatic heterocycles. The lowest BCUT2D eigenvalue weighted by Crippen LogP contribution is -2.47. The van der Waals surface area contributed by atoms with Gasteiger partial charge in [-0.15, -0.1) is 0 Å². The Morgan fingerprint density at radius 3 is 1.11 bits per heavy atom. The van der Waals surface area contributed by atoms with Crippen LogP contribution in [-0.4, -0.2) is 83.0 Å². The standard InChI is InChI=1S/C14H20F6O6S2.C13H18F6O5S2/c1-2-11(21)26-10(9-6-4-3-5-7-9)8-12(27(22,23)13(15,16)17)28(24,25)14(18,19)20;1-2-24-10(9-6-4-3-5-7-9)8-11(25(20,21)12(14,15)16)26(22,23)13(17,18)19/h9-10,12H,2-8H2,1H3;2,9-11H,1,3-8H2. The van der Waals surface area contributed by atoms with Crippen molar-refractivity contribution in [3.63, 3.8) is 0 Å². The van der Waals surface area contributed by atoms with E-state index in [4.69, 9.17) is 9.47 Å². The molecule has 2 rings (SSSR count). The van der Waals surface area contributed by atoms with Crippen molar-refractivity contribution >= 4 is 45.3 Å². The molecule has 0 saturated heterocycles. The van der Waals surface area contributed by atoms with Gasteiger partial charge in [0.25, 0.3) is 39.3 Å². The van der Waals surface area contributed by atoms with Gasteiger partial charge >= 0.3 is 28.0 Å². The van der Waals surface area contributed by atoms with Gasteiger partial charge in [-0.05, 0) is 37.5 Å². The van der Waals surface area contributed by atoms with Gasteiger partial charge in [-0.25, -0.2) is 33.7 Å². The lowest BCUT2D eigenvalue weighted by atomic mass is 9.84. The molecule has 0 heterocycles. The van der Waals surface area contributed by atoms with E-state index in [9.17, 15) is 91.2 Å². The SMILES string of the molecule is C=COC(CC(S(=O)(=O)C(F)(F)F)S(=O)(=O)C(F)(F)F)C1CCCCC1.CCC(=O)OC(CC(S(=O)(=O)C(F)(F)F)S(=O)(=O)C(F)(F)F)C1CCCCC1. The van der Waals surface area contributed by atoms with Gasteiger partial charge in [-0.2, -0.15) is 52.7 Å². The molecule has 11 nitrogen and oxygen atoms in total. The van der Waals surface area contributed by atoms with Crippen LogP contribution in [0, 0.1) is 11.8 Å². The summed E-state index contributed by atoms with van der Waals surface area (Å²) in [7, 11) is -26.8. The van der Waals surface area contributed by atoms with Crippen molar-refractivity contribution in [2.75, 3.05) is 0 Å². The van der Waals surface area contributed by atoms with E-state index in [2.05, 4.69) is 6.58 Å². The van der Waals surface area contributed by atoms with Crippen LogP contribution in [0.4, 0.5) is 52.7 Å². The Hall–Kier alpha value is -2.03. The number of carbonyl (C=O) groups is 1. The molecule has 54 heavy (non-hydrogen) atoms. The highest BCUT2D eigenvalue weighted by Gasteiger charge is 2.65. The number of esters is 1. The second-order valence-electron chi connectivity index (χ2n) is 12.3. The fourth-order valence-corrected chi connectivity index (χ4v) is 12.8. The van der Waals surface area contributed by atoms with Gasteiger partial charge in [0.1, 0.15) is 12.2 Å². The maximum absolute atomic E-state index is 12.9. The van der Waals surface area contributed by atoms with Crippen molar-refractivity contribution in [1.29, 1.82) is 0 Å². The third-order valence-corrected chi connectivity index (χ3v) is 17.9. The van der Waals surface area contributed by atoms with Gasteiger partial charge in [0, 0.05) is 19.3 Å². The molecule has 2 aliphatic carbocycles. The average Bonchev–Trinajstić information content (AvgIpc) is 3.03. The number of rotatable bonds is 14. The highest BCUT2D eigenvalue weighted by atomic mass is 32.3. The lowest BCUT2D eigenvalue weighted by molar-refractivity contribution is -0.152. The summed E-state index contributed by atoms with van der Waals surface area (Å²) in [6.45, 7) is 4.48. The number of carbonyl (C=O) groups excluding carboxylic acids is 1. The minimum atomic E-state index is -6.75. The number of hydrogen-bond donors (Lipinski definition) is 0. The van der Waals surface area contributed by atoms with Crippen LogP contribution in [0.1, 0.15) is 90.4 Å². The Balaban J connectivity index is 0.000000541. The van der Waals surface area contributed by atoms with Crippen LogP contribution in [0.25, 0.3) is 0 Å². The Bertz CT molecular complexity index is 1600. The first-order chi connectivity index (χ1) is 24.2. The van der Waals surface area contributed by atoms with E-state index in [1.54, 1.807) is 0 Å². The maximum Gasteiger partial charge on any atom is 0.498 e. The fraction of sp³-hybridized carbons (Fsp3) is 0.889. The molecule has 2 fully saturated rings. The second-order valence-corrected chi connectivity index (χ2v) is 21.4. The summed E-state index contributed by atoms with van der Waals surface area (Å²) in [5.41, 5.74) is -24.8. The zero-order valence-corrected chi connectivity index (χ0v) is 31.4. The van der Waals surface area contributed by atoms with Gasteiger partial charge in [0.15, 0.2) is 9.16 Å². The molecule has 0 spiro atoms. The largest absolute Gasteiger partial charge is 0.498 e. The van der Waals surface area contributed by atoms with Gasteiger partial charge in [-0.3, -0.25) is 4.79 Å². The Kier molecular flexibility index (Phi) is 17.1. The van der Waals surface area contributed by atoms with Crippen molar-refractivity contribution in [3.05, 3.63) is 12.8 Å². The van der Waals surface area contributed by atoms with Gasteiger partial charge < -0.3 is 9.47 Å². The van der Waals surface area contributed by atoms with E-state index in [0.29, 0.717) is 38.5 Å². The van der Waals surface area contributed by atoms with Gasteiger partial charge in [-0.1, -0.05) is 52.0 Å². The number of halogens is 12. The molecular formula is C27H38F12O11S4. The van der Waals surface area contributed by atoms with E-state index >= 15 is 0 Å². The van der Waals surface area contributed by atoms with E-state index in [1.807, 2.05) is 0 Å². The predicted octanol–water partition coefficient (Wildman–Crippen LogP) is 7.15. The molecule has 2 atom stereocenters. The quantitative estimate of drug-likeness (QED) is 0.0985. The van der Waals surface area contributed by atoms with Crippen LogP contribution < -0.4 is 0 Å². The van der Waals surface area contributed by atoms with E-state index < -0.39 is 113 Å². The molecule has 0 aromatic carbocycles. The molecule has 27 heteroatoms. The minimum Gasteiger partial charge on any atom is -0.498 e. The van der Waals surface area contributed by atoms with Crippen molar-refractivity contribution < 1.29 is 101 Å². The van der Waals surface area contributed by atoms with Crippen LogP contribution in [0.15, 0.2) is 12.8 Å². The Labute approximate surface area is 303 Å². The monoisotopic (exact) mass is 894 g/mol. The normalized spacial score (nSPS) is 19.1. The molecule has 0 bridgehead atoms. The smallest absolute Gasteiger partial charge is 0.498 e. The lowest BCUT2D eigenvalue weighted by Gasteiger charge is -2.32. The second kappa shape index (κ2) is 18.5. The third kappa shape index (κ3) is 12.2. The first-order valence-corrected chi connectivity index (χ1v) is 22.1. The average molecular weight is 895 g/mol. The van der Waals surface area contributed by atoms with E-state index in [-0.39, 0.29) is 19.3 Å². The van der Waals surface area contributed by atoms with Crippen LogP contribution >= 0.6 is 0 Å². The van der Waals surface area contributed by atoms with Crippen molar-refractivity contribution in [2.45, 2.75) is 134 Å². The summed E-state index contributed by atoms with van der Waals surface area (Å²) in [6, 6.07) is 0. The molecule has 0 aliphatic heterocycles. The summed E-state index contributed by atoms with van der Waals surface area (Å²) in [5, 5.41) is 0. The number of hydrogen-bond acceptors (Lipinski definition) is 11. The van der Waals surface area contributed by atoms with Gasteiger partial charge in [0.05, 0.1) is 6.26 Å². The zero-order valence-electron chi connectivity index (χ0n) is 28.1. The van der Waals surface area contributed by atoms with Crippen molar-refractivity contribution in [2.24, 2.45) is 11.8 Å². The number of sulfone groups is 4. The first kappa shape index (κ1) is 50.0. The molecule has 0 amide bonds. The van der Waals surface area contributed by atoms with Crippen LogP contribution in [-0.2, 0) is 53.6 Å². The van der Waals surface area contributed by atoms with Gasteiger partial charge in [0.2, 0.25) is 0 Å². The summed E-state index contributed by atoms with van der Waals surface area (Å²) < 4.78 is 249. The molecule has 0 radical (unpaired) electrons. The molecule has 320 valence electrons. The molecule has 0 aromatic rings. The minimum absolute atomic E-state index is 0.256. The number of alkyl halides is 12. The fourth-order valence-electron chi connectivity index (χ4n) is 5.90. The predicted molar refractivity (Wildman–Crippen MR) is 165 cm³/mol. The highest BCUT2D eigenvalue weighted by molar-refractivity contribution is 8.10. The van der Waals surface area contributed by atoms with Crippen LogP contribution in [0.5, 0.6) is 0 Å². The maximum atomic E-state index is 12.9. The summed E-state index contributed by atoms with van der Waals surface area (Å²) in [4.78, 5) is 11.6. The summed E-state index contributed by atoms with van der Waals surface area (Å²) in [5.74, 6) is -2.29. The van der Waals surface area contributed by atoms with Crippen LogP contribution in [0.2, 0.25) is 0 Å². The van der Waals surface area contributed by atoms with Crippen molar-refractivity contribution in [3.8, 4) is 0 Å². The van der Waals surface area contributed by atoms with Crippen LogP contribution in [0.3, 0.4) is 0 Å². The van der Waals surface area contributed by atoms with E-state index in [0.717, 1.165) is 19.1 Å². The topological polar surface area (TPSA) is 172 Å². The molecular weight excluding hydrogens is 857 g/mol. The molecule has 2 saturated carbocycles. The summed E-state index contributed by atoms with van der Waals surface area (Å²) >= 11 is 0. The number of ether oxygens (including phenoxy) is 2. The summed E-state index contributed by atoms with van der Waals surface area (Å²) in [6.07, 6.45) is -0.734. The third-order valence-electron chi connectivity index (χ3n) is 8.72. The first-order valence-electron chi connectivity index (χ1n) is 15.9. The molecule has 2 unspecified atom stereocenters. The van der Waals surface area contributed by atoms with E-state index in [1.165, 1.54) is 6.92 Å². The highest BCUT2D eigenvalue weighted by Crippen LogP contribution is 2.42.